The summed E-state index contributed by atoms with van der Waals surface area (Å²) in [4.78, 5) is 24.7. The van der Waals surface area contributed by atoms with Crippen molar-refractivity contribution in [1.82, 2.24) is 10.2 Å². The molecule has 3 atom stereocenters. The molecule has 2 aliphatic rings. The van der Waals surface area contributed by atoms with Gasteiger partial charge < -0.3 is 21.1 Å². The third-order valence-corrected chi connectivity index (χ3v) is 3.75. The predicted molar refractivity (Wildman–Crippen MR) is 61.5 cm³/mol. The highest BCUT2D eigenvalue weighted by molar-refractivity contribution is 5.79. The Balaban J connectivity index is 1.93. The minimum atomic E-state index is -0.781. The third-order valence-electron chi connectivity index (χ3n) is 3.75. The fourth-order valence-electron chi connectivity index (χ4n) is 2.96. The number of nitrogens with two attached hydrogens (primary N) is 1. The lowest BCUT2D eigenvalue weighted by molar-refractivity contribution is -0.142. The number of carbonyl (C=O) groups excluding carboxylic acids is 1. The molecule has 0 saturated carbocycles. The lowest BCUT2D eigenvalue weighted by atomic mass is 9.89. The standard InChI is InChI=1S/C11H19N3O3/c12-4-1-5-13-11(17)14-7-2-3-9(14)8(6-7)10(15)16/h7-9H,1-6,12H2,(H,13,17)(H,15,16). The quantitative estimate of drug-likeness (QED) is 0.603. The van der Waals surface area contributed by atoms with Crippen LogP contribution in [0.4, 0.5) is 4.79 Å². The van der Waals surface area contributed by atoms with Crippen LogP contribution in [0, 0.1) is 5.92 Å². The maximum Gasteiger partial charge on any atom is 0.317 e. The summed E-state index contributed by atoms with van der Waals surface area (Å²) in [6.45, 7) is 1.11. The second kappa shape index (κ2) is 4.91. The Morgan fingerprint density at radius 1 is 1.41 bits per heavy atom. The van der Waals surface area contributed by atoms with E-state index in [4.69, 9.17) is 10.8 Å². The van der Waals surface area contributed by atoms with E-state index in [1.54, 1.807) is 4.90 Å². The number of aliphatic carboxylic acids is 1. The fraction of sp³-hybridized carbons (Fsp3) is 0.818. The molecule has 0 aliphatic carbocycles. The molecule has 0 aromatic heterocycles. The van der Waals surface area contributed by atoms with Gasteiger partial charge in [-0.25, -0.2) is 4.79 Å². The summed E-state index contributed by atoms with van der Waals surface area (Å²) in [7, 11) is 0. The zero-order valence-corrected chi connectivity index (χ0v) is 9.76. The zero-order valence-electron chi connectivity index (χ0n) is 9.76. The molecule has 2 heterocycles. The molecule has 17 heavy (non-hydrogen) atoms. The fourth-order valence-corrected chi connectivity index (χ4v) is 2.96. The van der Waals surface area contributed by atoms with Crippen molar-refractivity contribution in [3.63, 3.8) is 0 Å². The number of amides is 2. The number of carboxylic acid groups (broad SMARTS) is 1. The zero-order chi connectivity index (χ0) is 12.4. The number of hydrogen-bond acceptors (Lipinski definition) is 3. The Morgan fingerprint density at radius 3 is 2.76 bits per heavy atom. The van der Waals surface area contributed by atoms with E-state index in [-0.39, 0.29) is 24.0 Å². The van der Waals surface area contributed by atoms with E-state index in [0.717, 1.165) is 19.3 Å². The van der Waals surface area contributed by atoms with Crippen LogP contribution in [0.1, 0.15) is 25.7 Å². The number of fused-ring (bicyclic) bond motifs is 2. The SMILES string of the molecule is NCCCNC(=O)N1C2CCC1C(C(=O)O)C2. The number of carboxylic acids is 1. The summed E-state index contributed by atoms with van der Waals surface area (Å²) in [5.41, 5.74) is 5.35. The first kappa shape index (κ1) is 12.2. The molecule has 6 heteroatoms. The lowest BCUT2D eigenvalue weighted by Crippen LogP contribution is -2.44. The van der Waals surface area contributed by atoms with Gasteiger partial charge in [-0.15, -0.1) is 0 Å². The van der Waals surface area contributed by atoms with Crippen molar-refractivity contribution in [1.29, 1.82) is 0 Å². The van der Waals surface area contributed by atoms with Gasteiger partial charge in [-0.1, -0.05) is 0 Å². The van der Waals surface area contributed by atoms with Crippen molar-refractivity contribution in [3.05, 3.63) is 0 Å². The normalized spacial score (nSPS) is 30.6. The number of carbonyl (C=O) groups is 2. The molecule has 2 saturated heterocycles. The number of hydrogen-bond donors (Lipinski definition) is 3. The van der Waals surface area contributed by atoms with Crippen molar-refractivity contribution >= 4 is 12.0 Å². The average molecular weight is 241 g/mol. The van der Waals surface area contributed by atoms with E-state index in [1.807, 2.05) is 0 Å². The summed E-state index contributed by atoms with van der Waals surface area (Å²) < 4.78 is 0. The summed E-state index contributed by atoms with van der Waals surface area (Å²) in [6.07, 6.45) is 3.09. The molecule has 4 N–H and O–H groups in total. The van der Waals surface area contributed by atoms with Gasteiger partial charge in [0, 0.05) is 18.6 Å². The third kappa shape index (κ3) is 2.22. The number of rotatable bonds is 4. The van der Waals surface area contributed by atoms with Crippen LogP contribution < -0.4 is 11.1 Å². The largest absolute Gasteiger partial charge is 0.481 e. The molecule has 6 nitrogen and oxygen atoms in total. The molecule has 0 aromatic carbocycles. The molecule has 2 rings (SSSR count). The van der Waals surface area contributed by atoms with E-state index < -0.39 is 5.97 Å². The topological polar surface area (TPSA) is 95.7 Å². The van der Waals surface area contributed by atoms with E-state index in [0.29, 0.717) is 19.5 Å². The average Bonchev–Trinajstić information content (AvgIpc) is 2.86. The highest BCUT2D eigenvalue weighted by Crippen LogP contribution is 2.41. The van der Waals surface area contributed by atoms with Gasteiger partial charge in [0.15, 0.2) is 0 Å². The maximum atomic E-state index is 11.9. The van der Waals surface area contributed by atoms with Crippen LogP contribution in [0.3, 0.4) is 0 Å². The monoisotopic (exact) mass is 241 g/mol. The van der Waals surface area contributed by atoms with Gasteiger partial charge >= 0.3 is 12.0 Å². The molecular formula is C11H19N3O3. The molecule has 0 aromatic rings. The predicted octanol–water partition coefficient (Wildman–Crippen LogP) is -0.0177. The van der Waals surface area contributed by atoms with Crippen LogP contribution in [0.5, 0.6) is 0 Å². The lowest BCUT2D eigenvalue weighted by Gasteiger charge is -2.23. The van der Waals surface area contributed by atoms with Crippen LogP contribution in [-0.4, -0.2) is 47.2 Å². The van der Waals surface area contributed by atoms with E-state index >= 15 is 0 Å². The number of nitrogens with zero attached hydrogens (tertiary/aromatic N) is 1. The first-order valence-electron chi connectivity index (χ1n) is 6.14. The Morgan fingerprint density at radius 2 is 2.18 bits per heavy atom. The Bertz CT molecular complexity index is 321. The highest BCUT2D eigenvalue weighted by atomic mass is 16.4. The first-order valence-corrected chi connectivity index (χ1v) is 6.14. The van der Waals surface area contributed by atoms with Gasteiger partial charge in [-0.3, -0.25) is 4.79 Å². The second-order valence-electron chi connectivity index (χ2n) is 4.76. The van der Waals surface area contributed by atoms with Gasteiger partial charge in [0.2, 0.25) is 0 Å². The van der Waals surface area contributed by atoms with Crippen LogP contribution in [0.2, 0.25) is 0 Å². The van der Waals surface area contributed by atoms with Gasteiger partial charge in [0.25, 0.3) is 0 Å². The van der Waals surface area contributed by atoms with Crippen molar-refractivity contribution in [2.75, 3.05) is 13.1 Å². The summed E-state index contributed by atoms with van der Waals surface area (Å²) >= 11 is 0. The van der Waals surface area contributed by atoms with Gasteiger partial charge in [-0.2, -0.15) is 0 Å². The van der Waals surface area contributed by atoms with Crippen LogP contribution in [0.25, 0.3) is 0 Å². The Hall–Kier alpha value is -1.30. The first-order chi connectivity index (χ1) is 8.15. The highest BCUT2D eigenvalue weighted by Gasteiger charge is 2.51. The Kier molecular flexibility index (Phi) is 3.51. The van der Waals surface area contributed by atoms with E-state index in [1.165, 1.54) is 0 Å². The van der Waals surface area contributed by atoms with Crippen LogP contribution in [-0.2, 0) is 4.79 Å². The van der Waals surface area contributed by atoms with Crippen LogP contribution >= 0.6 is 0 Å². The molecule has 0 radical (unpaired) electrons. The van der Waals surface area contributed by atoms with Crippen molar-refractivity contribution in [3.8, 4) is 0 Å². The van der Waals surface area contributed by atoms with Crippen molar-refractivity contribution < 1.29 is 14.7 Å². The Labute approximate surface area is 100 Å². The summed E-state index contributed by atoms with van der Waals surface area (Å²) in [6, 6.07) is -0.135. The van der Waals surface area contributed by atoms with E-state index in [9.17, 15) is 9.59 Å². The molecule has 2 bridgehead atoms. The number of nitrogens with one attached hydrogen (secondary N) is 1. The van der Waals surface area contributed by atoms with Gasteiger partial charge in [0.1, 0.15) is 0 Å². The molecule has 2 amide bonds. The molecule has 2 fully saturated rings. The maximum absolute atomic E-state index is 11.9. The van der Waals surface area contributed by atoms with Gasteiger partial charge in [-0.05, 0) is 32.2 Å². The number of urea groups is 1. The van der Waals surface area contributed by atoms with Crippen LogP contribution in [0.15, 0.2) is 0 Å². The van der Waals surface area contributed by atoms with Crippen molar-refractivity contribution in [2.45, 2.75) is 37.8 Å². The molecule has 96 valence electrons. The van der Waals surface area contributed by atoms with Crippen molar-refractivity contribution in [2.24, 2.45) is 11.7 Å². The summed E-state index contributed by atoms with van der Waals surface area (Å²) in [5.74, 6) is -1.16. The molecule has 0 spiro atoms. The molecule has 3 unspecified atom stereocenters. The smallest absolute Gasteiger partial charge is 0.317 e. The molecular weight excluding hydrogens is 222 g/mol. The van der Waals surface area contributed by atoms with E-state index in [2.05, 4.69) is 5.32 Å². The molecule has 2 aliphatic heterocycles. The second-order valence-corrected chi connectivity index (χ2v) is 4.76. The summed E-state index contributed by atoms with van der Waals surface area (Å²) in [5, 5.41) is 11.9. The minimum Gasteiger partial charge on any atom is -0.481 e. The van der Waals surface area contributed by atoms with Gasteiger partial charge in [0.05, 0.1) is 5.92 Å². The minimum absolute atomic E-state index is 0.110.